The van der Waals surface area contributed by atoms with Crippen molar-refractivity contribution in [2.24, 2.45) is 0 Å². The van der Waals surface area contributed by atoms with Gasteiger partial charge in [-0.3, -0.25) is 0 Å². The maximum Gasteiger partial charge on any atom is 0.182 e. The van der Waals surface area contributed by atoms with Crippen LogP contribution in [0.1, 0.15) is 11.1 Å². The van der Waals surface area contributed by atoms with E-state index in [-0.39, 0.29) is 0 Å². The van der Waals surface area contributed by atoms with Gasteiger partial charge in [0.25, 0.3) is 0 Å². The molecule has 0 saturated carbocycles. The molecule has 0 bridgehead atoms. The highest BCUT2D eigenvalue weighted by Crippen LogP contribution is 2.23. The third-order valence-electron chi connectivity index (χ3n) is 2.86. The lowest BCUT2D eigenvalue weighted by Gasteiger charge is -2.09. The fraction of sp³-hybridized carbons (Fsp3) is 0.154. The number of aromatic nitrogens is 4. The molecule has 18 heavy (non-hydrogen) atoms. The fourth-order valence-corrected chi connectivity index (χ4v) is 1.94. The Bertz CT molecular complexity index is 701. The summed E-state index contributed by atoms with van der Waals surface area (Å²) in [7, 11) is 0. The predicted molar refractivity (Wildman–Crippen MR) is 70.9 cm³/mol. The van der Waals surface area contributed by atoms with Gasteiger partial charge in [0.2, 0.25) is 0 Å². The summed E-state index contributed by atoms with van der Waals surface area (Å²) in [6.45, 7) is 4.15. The number of imidazole rings is 1. The molecule has 0 amide bonds. The summed E-state index contributed by atoms with van der Waals surface area (Å²) in [4.78, 5) is 15.5. The van der Waals surface area contributed by atoms with Crippen LogP contribution in [0.2, 0.25) is 0 Å². The van der Waals surface area contributed by atoms with Crippen LogP contribution >= 0.6 is 0 Å². The molecule has 2 heterocycles. The Kier molecular flexibility index (Phi) is 2.44. The van der Waals surface area contributed by atoms with E-state index in [1.807, 2.05) is 0 Å². The van der Waals surface area contributed by atoms with E-state index in [1.54, 1.807) is 6.33 Å². The van der Waals surface area contributed by atoms with Crippen molar-refractivity contribution in [1.82, 2.24) is 19.9 Å². The maximum atomic E-state index is 4.24. The smallest absolute Gasteiger partial charge is 0.182 e. The number of fused-ring (bicyclic) bond motifs is 1. The summed E-state index contributed by atoms with van der Waals surface area (Å²) in [6.07, 6.45) is 3.13. The van der Waals surface area contributed by atoms with Crippen LogP contribution in [0.15, 0.2) is 30.9 Å². The summed E-state index contributed by atoms with van der Waals surface area (Å²) in [5.41, 5.74) is 4.94. The summed E-state index contributed by atoms with van der Waals surface area (Å²) in [6, 6.07) is 6.25. The quantitative estimate of drug-likeness (QED) is 0.721. The Hall–Kier alpha value is -2.43. The largest absolute Gasteiger partial charge is 0.340 e. The molecule has 3 rings (SSSR count). The van der Waals surface area contributed by atoms with E-state index >= 15 is 0 Å². The van der Waals surface area contributed by atoms with Crippen LogP contribution in [0, 0.1) is 13.8 Å². The van der Waals surface area contributed by atoms with Crippen LogP contribution in [-0.2, 0) is 0 Å². The first-order valence-electron chi connectivity index (χ1n) is 5.72. The van der Waals surface area contributed by atoms with Crippen LogP contribution in [0.3, 0.4) is 0 Å². The van der Waals surface area contributed by atoms with E-state index in [1.165, 1.54) is 17.5 Å². The SMILES string of the molecule is Cc1ccc(Nc2ncnc3nc[nH]c23)c(C)c1. The van der Waals surface area contributed by atoms with Crippen LogP contribution in [-0.4, -0.2) is 19.9 Å². The third kappa shape index (κ3) is 1.79. The van der Waals surface area contributed by atoms with Crippen LogP contribution in [0.4, 0.5) is 11.5 Å². The number of hydrogen-bond donors (Lipinski definition) is 2. The van der Waals surface area contributed by atoms with Crippen molar-refractivity contribution in [3.05, 3.63) is 42.0 Å². The predicted octanol–water partition coefficient (Wildman–Crippen LogP) is 2.71. The zero-order valence-electron chi connectivity index (χ0n) is 10.2. The van der Waals surface area contributed by atoms with E-state index in [0.29, 0.717) is 5.65 Å². The molecule has 0 saturated heterocycles. The van der Waals surface area contributed by atoms with Gasteiger partial charge in [0.05, 0.1) is 6.33 Å². The third-order valence-corrected chi connectivity index (χ3v) is 2.86. The maximum absolute atomic E-state index is 4.24. The Morgan fingerprint density at radius 3 is 2.83 bits per heavy atom. The molecule has 5 nitrogen and oxygen atoms in total. The minimum absolute atomic E-state index is 0.664. The molecule has 0 aliphatic rings. The van der Waals surface area contributed by atoms with Gasteiger partial charge in [-0.05, 0) is 25.5 Å². The topological polar surface area (TPSA) is 66.5 Å². The molecule has 2 N–H and O–H groups in total. The molecule has 0 aliphatic carbocycles. The van der Waals surface area contributed by atoms with Gasteiger partial charge in [-0.15, -0.1) is 0 Å². The highest BCUT2D eigenvalue weighted by molar-refractivity contribution is 5.84. The molecule has 5 heteroatoms. The number of H-pyrrole nitrogens is 1. The highest BCUT2D eigenvalue weighted by atomic mass is 15.1. The number of nitrogens with zero attached hydrogens (tertiary/aromatic N) is 3. The molecule has 2 aromatic heterocycles. The number of nitrogens with one attached hydrogen (secondary N) is 2. The second-order valence-electron chi connectivity index (χ2n) is 4.27. The minimum Gasteiger partial charge on any atom is -0.340 e. The average molecular weight is 239 g/mol. The number of hydrogen-bond acceptors (Lipinski definition) is 4. The monoisotopic (exact) mass is 239 g/mol. The van der Waals surface area contributed by atoms with Crippen LogP contribution in [0.5, 0.6) is 0 Å². The lowest BCUT2D eigenvalue weighted by Crippen LogP contribution is -1.97. The van der Waals surface area contributed by atoms with Crippen LogP contribution < -0.4 is 5.32 Å². The van der Waals surface area contributed by atoms with Crippen molar-refractivity contribution in [2.45, 2.75) is 13.8 Å². The summed E-state index contributed by atoms with van der Waals surface area (Å²) < 4.78 is 0. The summed E-state index contributed by atoms with van der Waals surface area (Å²) >= 11 is 0. The van der Waals surface area contributed by atoms with Crippen molar-refractivity contribution < 1.29 is 0 Å². The van der Waals surface area contributed by atoms with Gasteiger partial charge in [0.1, 0.15) is 11.8 Å². The number of benzene rings is 1. The fourth-order valence-electron chi connectivity index (χ4n) is 1.94. The first-order chi connectivity index (χ1) is 8.74. The lowest BCUT2D eigenvalue weighted by molar-refractivity contribution is 1.19. The molecule has 3 aromatic rings. The molecule has 0 aliphatic heterocycles. The van der Waals surface area contributed by atoms with Gasteiger partial charge >= 0.3 is 0 Å². The van der Waals surface area contributed by atoms with Crippen molar-refractivity contribution in [3.63, 3.8) is 0 Å². The highest BCUT2D eigenvalue weighted by Gasteiger charge is 2.07. The molecule has 90 valence electrons. The molecule has 0 spiro atoms. The average Bonchev–Trinajstić information content (AvgIpc) is 2.82. The van der Waals surface area contributed by atoms with Crippen molar-refractivity contribution in [2.75, 3.05) is 5.32 Å². The normalized spacial score (nSPS) is 10.8. The Morgan fingerprint density at radius 1 is 1.11 bits per heavy atom. The number of aryl methyl sites for hydroxylation is 2. The van der Waals surface area contributed by atoms with Crippen molar-refractivity contribution in [3.8, 4) is 0 Å². The number of anilines is 2. The Balaban J connectivity index is 2.03. The van der Waals surface area contributed by atoms with E-state index in [4.69, 9.17) is 0 Å². The van der Waals surface area contributed by atoms with E-state index in [9.17, 15) is 0 Å². The lowest BCUT2D eigenvalue weighted by atomic mass is 10.1. The minimum atomic E-state index is 0.664. The second kappa shape index (κ2) is 4.10. The Labute approximate surface area is 104 Å². The van der Waals surface area contributed by atoms with Crippen LogP contribution in [0.25, 0.3) is 11.2 Å². The molecular formula is C13H13N5. The summed E-state index contributed by atoms with van der Waals surface area (Å²) in [5, 5.41) is 3.31. The van der Waals surface area contributed by atoms with Gasteiger partial charge in [0.15, 0.2) is 11.5 Å². The molecule has 0 fully saturated rings. The zero-order valence-corrected chi connectivity index (χ0v) is 10.2. The van der Waals surface area contributed by atoms with Gasteiger partial charge < -0.3 is 10.3 Å². The van der Waals surface area contributed by atoms with Crippen molar-refractivity contribution >= 4 is 22.7 Å². The van der Waals surface area contributed by atoms with E-state index in [0.717, 1.165) is 17.0 Å². The molecule has 0 atom stereocenters. The summed E-state index contributed by atoms with van der Waals surface area (Å²) in [5.74, 6) is 0.740. The molecule has 0 radical (unpaired) electrons. The molecule has 1 aromatic carbocycles. The molecule has 0 unspecified atom stereocenters. The Morgan fingerprint density at radius 2 is 2.00 bits per heavy atom. The van der Waals surface area contributed by atoms with Gasteiger partial charge in [-0.2, -0.15) is 0 Å². The van der Waals surface area contributed by atoms with Gasteiger partial charge in [-0.1, -0.05) is 17.7 Å². The van der Waals surface area contributed by atoms with Gasteiger partial charge in [0, 0.05) is 5.69 Å². The van der Waals surface area contributed by atoms with E-state index < -0.39 is 0 Å². The zero-order chi connectivity index (χ0) is 12.5. The number of rotatable bonds is 2. The van der Waals surface area contributed by atoms with E-state index in [2.05, 4.69) is 57.3 Å². The first-order valence-corrected chi connectivity index (χ1v) is 5.72. The molecular weight excluding hydrogens is 226 g/mol. The first kappa shape index (κ1) is 10.7. The number of aromatic amines is 1. The van der Waals surface area contributed by atoms with Gasteiger partial charge in [-0.25, -0.2) is 15.0 Å². The van der Waals surface area contributed by atoms with Crippen molar-refractivity contribution in [1.29, 1.82) is 0 Å². The second-order valence-corrected chi connectivity index (χ2v) is 4.27. The standard InChI is InChI=1S/C13H13N5/c1-8-3-4-10(9(2)5-8)18-13-11-12(15-6-14-11)16-7-17-13/h3-7H,1-2H3,(H2,14,15,16,17,18).